The number of hydrogen-bond donors (Lipinski definition) is 3. The molecule has 4 aromatic carbocycles. The van der Waals surface area contributed by atoms with Crippen LogP contribution in [0.3, 0.4) is 0 Å². The lowest BCUT2D eigenvalue weighted by Gasteiger charge is -2.14. The van der Waals surface area contributed by atoms with Crippen molar-refractivity contribution in [3.63, 3.8) is 0 Å². The first-order chi connectivity index (χ1) is 22.7. The zero-order valence-electron chi connectivity index (χ0n) is 24.8. The molecule has 0 bridgehead atoms. The summed E-state index contributed by atoms with van der Waals surface area (Å²) in [4.78, 5) is 40.4. The van der Waals surface area contributed by atoms with Gasteiger partial charge in [0.05, 0.1) is 20.9 Å². The van der Waals surface area contributed by atoms with E-state index in [4.69, 9.17) is 23.2 Å². The van der Waals surface area contributed by atoms with Crippen LogP contribution in [-0.4, -0.2) is 23.0 Å². The molecule has 0 radical (unpaired) electrons. The van der Waals surface area contributed by atoms with Crippen LogP contribution in [0.5, 0.6) is 0 Å². The highest BCUT2D eigenvalue weighted by atomic mass is 35.5. The number of hydrogen-bond acceptors (Lipinski definition) is 6. The van der Waals surface area contributed by atoms with E-state index in [-0.39, 0.29) is 16.6 Å². The first-order valence-electron chi connectivity index (χ1n) is 14.2. The minimum atomic E-state index is -0.589. The molecule has 0 saturated carbocycles. The molecule has 1 unspecified atom stereocenters. The number of carbonyl (C=O) groups excluding carboxylic acids is 3. The number of rotatable bonds is 10. The summed E-state index contributed by atoms with van der Waals surface area (Å²) in [6, 6.07) is 32.3. The number of nitrogens with one attached hydrogen (secondary N) is 3. The number of nitriles is 1. The number of halogens is 2. The van der Waals surface area contributed by atoms with Crippen molar-refractivity contribution in [2.75, 3.05) is 10.6 Å². The van der Waals surface area contributed by atoms with Crippen LogP contribution < -0.4 is 16.0 Å². The average molecular weight is 698 g/mol. The van der Waals surface area contributed by atoms with Gasteiger partial charge in [-0.05, 0) is 60.5 Å². The van der Waals surface area contributed by atoms with E-state index in [1.165, 1.54) is 29.2 Å². The molecule has 1 atom stereocenters. The Kier molecular flexibility index (Phi) is 11.1. The van der Waals surface area contributed by atoms with Gasteiger partial charge in [-0.2, -0.15) is 5.26 Å². The summed E-state index contributed by atoms with van der Waals surface area (Å²) in [6.07, 6.45) is 1.46. The molecule has 0 aliphatic heterocycles. The fraction of sp³-hybridized carbons (Fsp3) is 0.0556. The lowest BCUT2D eigenvalue weighted by atomic mass is 10.1. The van der Waals surface area contributed by atoms with Gasteiger partial charge in [0.15, 0.2) is 0 Å². The second kappa shape index (κ2) is 15.6. The van der Waals surface area contributed by atoms with Gasteiger partial charge in [-0.3, -0.25) is 14.4 Å². The van der Waals surface area contributed by atoms with Crippen LogP contribution in [0.1, 0.15) is 28.4 Å². The highest BCUT2D eigenvalue weighted by Gasteiger charge is 2.21. The summed E-state index contributed by atoms with van der Waals surface area (Å²) in [5, 5.41) is 20.6. The highest BCUT2D eigenvalue weighted by Crippen LogP contribution is 2.36. The summed E-state index contributed by atoms with van der Waals surface area (Å²) in [5.74, 6) is -1.33. The molecule has 0 fully saturated rings. The second-order valence-corrected chi connectivity index (χ2v) is 13.2. The highest BCUT2D eigenvalue weighted by molar-refractivity contribution is 8.00. The Bertz CT molecular complexity index is 2010. The number of thioether (sulfide) groups is 1. The Morgan fingerprint density at radius 2 is 1.60 bits per heavy atom. The van der Waals surface area contributed by atoms with Crippen molar-refractivity contribution in [1.82, 2.24) is 5.32 Å². The maximum absolute atomic E-state index is 13.5. The minimum Gasteiger partial charge on any atom is -0.321 e. The normalized spacial score (nSPS) is 11.7. The Morgan fingerprint density at radius 1 is 0.894 bits per heavy atom. The van der Waals surface area contributed by atoms with Gasteiger partial charge in [0.1, 0.15) is 16.8 Å². The van der Waals surface area contributed by atoms with Crippen LogP contribution in [0.2, 0.25) is 10.0 Å². The Labute approximate surface area is 290 Å². The molecule has 3 amide bonds. The van der Waals surface area contributed by atoms with Crippen LogP contribution in [0.25, 0.3) is 17.2 Å². The van der Waals surface area contributed by atoms with Gasteiger partial charge in [0, 0.05) is 27.1 Å². The summed E-state index contributed by atoms with van der Waals surface area (Å²) >= 11 is 15.2. The number of thiophene rings is 1. The quantitative estimate of drug-likeness (QED) is 0.0996. The number of amides is 3. The van der Waals surface area contributed by atoms with Gasteiger partial charge in [-0.1, -0.05) is 89.9 Å². The monoisotopic (exact) mass is 696 g/mol. The van der Waals surface area contributed by atoms with Crippen molar-refractivity contribution in [3.8, 4) is 17.2 Å². The predicted molar refractivity (Wildman–Crippen MR) is 192 cm³/mol. The minimum absolute atomic E-state index is 0.0482. The van der Waals surface area contributed by atoms with Gasteiger partial charge in [0.2, 0.25) is 5.91 Å². The van der Waals surface area contributed by atoms with Gasteiger partial charge < -0.3 is 16.0 Å². The third-order valence-corrected chi connectivity index (χ3v) is 9.63. The molecule has 7 nitrogen and oxygen atoms in total. The summed E-state index contributed by atoms with van der Waals surface area (Å²) in [7, 11) is 0. The number of nitrogens with zero attached hydrogens (tertiary/aromatic N) is 1. The Hall–Kier alpha value is -4.85. The molecule has 0 aliphatic carbocycles. The van der Waals surface area contributed by atoms with Gasteiger partial charge in [-0.15, -0.1) is 23.1 Å². The zero-order chi connectivity index (χ0) is 33.3. The molecule has 5 aromatic rings. The SMILES string of the molecule is CC(Sc1cccc(NC(=O)/C(=C\c2cccc(Cl)c2Cl)NC(=O)c2ccccc2)c1)C(=O)Nc1scc(-c2ccccc2)c1C#N. The Balaban J connectivity index is 1.30. The molecular formula is C36H26Cl2N4O3S2. The maximum atomic E-state index is 13.5. The van der Waals surface area contributed by atoms with Crippen LogP contribution in [0.4, 0.5) is 10.7 Å². The van der Waals surface area contributed by atoms with E-state index >= 15 is 0 Å². The molecule has 234 valence electrons. The van der Waals surface area contributed by atoms with Crippen molar-refractivity contribution in [3.05, 3.63) is 141 Å². The second-order valence-electron chi connectivity index (χ2n) is 10.1. The van der Waals surface area contributed by atoms with Crippen molar-refractivity contribution in [1.29, 1.82) is 5.26 Å². The average Bonchev–Trinajstić information content (AvgIpc) is 3.49. The zero-order valence-corrected chi connectivity index (χ0v) is 27.9. The lowest BCUT2D eigenvalue weighted by molar-refractivity contribution is -0.115. The predicted octanol–water partition coefficient (Wildman–Crippen LogP) is 9.12. The fourth-order valence-electron chi connectivity index (χ4n) is 4.44. The third-order valence-electron chi connectivity index (χ3n) is 6.81. The molecule has 5 rings (SSSR count). The number of anilines is 2. The summed E-state index contributed by atoms with van der Waals surface area (Å²) in [5.41, 5.74) is 3.30. The third kappa shape index (κ3) is 8.50. The van der Waals surface area contributed by atoms with Crippen molar-refractivity contribution in [2.24, 2.45) is 0 Å². The molecule has 47 heavy (non-hydrogen) atoms. The van der Waals surface area contributed by atoms with Gasteiger partial charge >= 0.3 is 0 Å². The van der Waals surface area contributed by atoms with E-state index in [1.807, 2.05) is 41.8 Å². The van der Waals surface area contributed by atoms with Crippen LogP contribution in [-0.2, 0) is 9.59 Å². The maximum Gasteiger partial charge on any atom is 0.272 e. The number of carbonyl (C=O) groups is 3. The van der Waals surface area contributed by atoms with Crippen LogP contribution >= 0.6 is 46.3 Å². The smallest absolute Gasteiger partial charge is 0.272 e. The van der Waals surface area contributed by atoms with E-state index in [1.54, 1.807) is 73.7 Å². The van der Waals surface area contributed by atoms with E-state index in [9.17, 15) is 19.6 Å². The summed E-state index contributed by atoms with van der Waals surface area (Å²) < 4.78 is 0. The van der Waals surface area contributed by atoms with Crippen molar-refractivity contribution < 1.29 is 14.4 Å². The van der Waals surface area contributed by atoms with E-state index in [2.05, 4.69) is 22.0 Å². The van der Waals surface area contributed by atoms with Crippen LogP contribution in [0, 0.1) is 11.3 Å². The summed E-state index contributed by atoms with van der Waals surface area (Å²) in [6.45, 7) is 1.76. The standard InChI is InChI=1S/C36H26Cl2N4O3S2/c1-22(33(43)42-36-28(20-39)29(21-46-36)23-10-4-2-5-11-23)47-27-16-9-15-26(19-27)40-35(45)31(18-25-14-8-17-30(37)32(25)38)41-34(44)24-12-6-3-7-13-24/h2-19,21-22H,1H3,(H,40,45)(H,41,44)(H,42,43)/b31-18+. The first-order valence-corrected chi connectivity index (χ1v) is 16.7. The van der Waals surface area contributed by atoms with E-state index < -0.39 is 17.1 Å². The number of benzene rings is 4. The molecule has 0 spiro atoms. The lowest BCUT2D eigenvalue weighted by Crippen LogP contribution is -2.30. The largest absolute Gasteiger partial charge is 0.321 e. The molecule has 0 saturated heterocycles. The molecule has 0 aliphatic rings. The van der Waals surface area contributed by atoms with Gasteiger partial charge in [0.25, 0.3) is 11.8 Å². The first kappa shape index (κ1) is 33.5. The van der Waals surface area contributed by atoms with Crippen LogP contribution in [0.15, 0.2) is 119 Å². The topological polar surface area (TPSA) is 111 Å². The molecule has 11 heteroatoms. The molecule has 3 N–H and O–H groups in total. The molecular weight excluding hydrogens is 671 g/mol. The van der Waals surface area contributed by atoms with Crippen molar-refractivity contribution >= 4 is 80.8 Å². The molecule has 1 heterocycles. The van der Waals surface area contributed by atoms with Gasteiger partial charge in [-0.25, -0.2) is 0 Å². The van der Waals surface area contributed by atoms with Crippen molar-refractivity contribution in [2.45, 2.75) is 17.1 Å². The molecule has 1 aromatic heterocycles. The van der Waals surface area contributed by atoms with E-state index in [0.717, 1.165) is 16.0 Å². The van der Waals surface area contributed by atoms with E-state index in [0.29, 0.717) is 32.4 Å². The fourth-order valence-corrected chi connectivity index (χ4v) is 6.65. The Morgan fingerprint density at radius 3 is 2.32 bits per heavy atom.